The lowest BCUT2D eigenvalue weighted by Crippen LogP contribution is -2.44. The molecule has 6 heteroatoms. The maximum absolute atomic E-state index is 13.9. The summed E-state index contributed by atoms with van der Waals surface area (Å²) in [6.07, 6.45) is 5.52. The lowest BCUT2D eigenvalue weighted by molar-refractivity contribution is -0.127. The Morgan fingerprint density at radius 3 is 2.64 bits per heavy atom. The molecule has 134 valence electrons. The van der Waals surface area contributed by atoms with Crippen molar-refractivity contribution in [1.82, 2.24) is 10.6 Å². The highest BCUT2D eigenvalue weighted by Crippen LogP contribution is 2.32. The monoisotopic (exact) mass is 345 g/mol. The van der Waals surface area contributed by atoms with Crippen molar-refractivity contribution in [3.8, 4) is 0 Å². The lowest BCUT2D eigenvalue weighted by Gasteiger charge is -2.28. The maximum atomic E-state index is 13.9. The quantitative estimate of drug-likeness (QED) is 0.877. The summed E-state index contributed by atoms with van der Waals surface area (Å²) in [7, 11) is 0. The molecule has 3 aliphatic rings. The first kappa shape index (κ1) is 16.5. The first-order valence-electron chi connectivity index (χ1n) is 9.21. The predicted molar refractivity (Wildman–Crippen MR) is 92.6 cm³/mol. The van der Waals surface area contributed by atoms with Gasteiger partial charge >= 0.3 is 0 Å². The Morgan fingerprint density at radius 1 is 1.20 bits per heavy atom. The van der Waals surface area contributed by atoms with Crippen molar-refractivity contribution in [2.24, 2.45) is 5.92 Å². The number of rotatable bonds is 4. The molecular weight excluding hydrogens is 321 g/mol. The standard InChI is InChI=1S/C19H24FN3O2/c20-15-3-1-2-4-17(15)23-8-7-16(19(23)25)22-18(24)11-12-9-13-5-6-14(10-12)21-13/h1-4,12-14,16,21H,5-11H2,(H,22,24). The van der Waals surface area contributed by atoms with Gasteiger partial charge in [-0.2, -0.15) is 0 Å². The van der Waals surface area contributed by atoms with E-state index in [1.807, 2.05) is 0 Å². The molecule has 0 radical (unpaired) electrons. The summed E-state index contributed by atoms with van der Waals surface area (Å²) in [5.74, 6) is -0.283. The number of carbonyl (C=O) groups is 2. The van der Waals surface area contributed by atoms with Crippen molar-refractivity contribution in [2.75, 3.05) is 11.4 Å². The Kier molecular flexibility index (Phi) is 4.46. The lowest BCUT2D eigenvalue weighted by atomic mass is 9.89. The van der Waals surface area contributed by atoms with Gasteiger partial charge in [0.15, 0.2) is 0 Å². The summed E-state index contributed by atoms with van der Waals surface area (Å²) >= 11 is 0. The average Bonchev–Trinajstić information content (AvgIpc) is 3.11. The Bertz CT molecular complexity index is 668. The van der Waals surface area contributed by atoms with Crippen molar-refractivity contribution in [3.05, 3.63) is 30.1 Å². The third-order valence-corrected chi connectivity index (χ3v) is 5.73. The minimum Gasteiger partial charge on any atom is -0.344 e. The number of hydrogen-bond acceptors (Lipinski definition) is 3. The SMILES string of the molecule is O=C(CC1CC2CCC(C1)N2)NC1CCN(c2ccccc2F)C1=O. The zero-order valence-corrected chi connectivity index (χ0v) is 14.2. The minimum absolute atomic E-state index is 0.0555. The summed E-state index contributed by atoms with van der Waals surface area (Å²) in [5.41, 5.74) is 0.291. The molecule has 3 fully saturated rings. The van der Waals surface area contributed by atoms with Gasteiger partial charge in [0.05, 0.1) is 5.69 Å². The van der Waals surface area contributed by atoms with E-state index in [9.17, 15) is 14.0 Å². The van der Waals surface area contributed by atoms with Crippen molar-refractivity contribution in [1.29, 1.82) is 0 Å². The molecule has 2 N–H and O–H groups in total. The molecule has 0 saturated carbocycles. The molecule has 4 rings (SSSR count). The molecule has 3 saturated heterocycles. The number of halogens is 1. The van der Waals surface area contributed by atoms with Crippen molar-refractivity contribution in [2.45, 2.75) is 56.7 Å². The molecule has 0 aliphatic carbocycles. The van der Waals surface area contributed by atoms with Crippen molar-refractivity contribution in [3.63, 3.8) is 0 Å². The van der Waals surface area contributed by atoms with Crippen molar-refractivity contribution >= 4 is 17.5 Å². The molecule has 1 aromatic rings. The van der Waals surface area contributed by atoms with Gasteiger partial charge in [-0.25, -0.2) is 4.39 Å². The molecule has 3 unspecified atom stereocenters. The number of benzene rings is 1. The first-order valence-corrected chi connectivity index (χ1v) is 9.21. The zero-order valence-electron chi connectivity index (χ0n) is 14.2. The number of nitrogens with zero attached hydrogens (tertiary/aromatic N) is 1. The third kappa shape index (κ3) is 3.40. The minimum atomic E-state index is -0.537. The summed E-state index contributed by atoms with van der Waals surface area (Å²) in [6, 6.07) is 6.84. The van der Waals surface area contributed by atoms with Gasteiger partial charge in [-0.1, -0.05) is 12.1 Å². The second kappa shape index (κ2) is 6.75. The molecule has 3 atom stereocenters. The highest BCUT2D eigenvalue weighted by Gasteiger charge is 2.37. The summed E-state index contributed by atoms with van der Waals surface area (Å²) in [4.78, 5) is 26.4. The van der Waals surface area contributed by atoms with Gasteiger partial charge < -0.3 is 15.5 Å². The van der Waals surface area contributed by atoms with Crippen molar-refractivity contribution < 1.29 is 14.0 Å². The van der Waals surface area contributed by atoms with Crippen LogP contribution in [0.15, 0.2) is 24.3 Å². The molecular formula is C19H24FN3O2. The highest BCUT2D eigenvalue weighted by atomic mass is 19.1. The van der Waals surface area contributed by atoms with Crippen LogP contribution in [0.4, 0.5) is 10.1 Å². The number of nitrogens with one attached hydrogen (secondary N) is 2. The largest absolute Gasteiger partial charge is 0.344 e. The van der Waals surface area contributed by atoms with Gasteiger partial charge in [0, 0.05) is 25.0 Å². The smallest absolute Gasteiger partial charge is 0.249 e. The molecule has 0 aromatic heterocycles. The Balaban J connectivity index is 1.33. The number of hydrogen-bond donors (Lipinski definition) is 2. The van der Waals surface area contributed by atoms with Gasteiger partial charge in [-0.05, 0) is 50.2 Å². The van der Waals surface area contributed by atoms with E-state index in [0.29, 0.717) is 43.1 Å². The van der Waals surface area contributed by atoms with E-state index in [1.165, 1.54) is 23.8 Å². The van der Waals surface area contributed by atoms with E-state index >= 15 is 0 Å². The molecule has 5 nitrogen and oxygen atoms in total. The van der Waals surface area contributed by atoms with E-state index < -0.39 is 11.9 Å². The Morgan fingerprint density at radius 2 is 1.92 bits per heavy atom. The topological polar surface area (TPSA) is 61.4 Å². The van der Waals surface area contributed by atoms with E-state index in [0.717, 1.165) is 12.8 Å². The van der Waals surface area contributed by atoms with Gasteiger partial charge in [-0.3, -0.25) is 9.59 Å². The van der Waals surface area contributed by atoms with Crippen LogP contribution in [0.25, 0.3) is 0 Å². The maximum Gasteiger partial charge on any atom is 0.249 e. The molecule has 3 aliphatic heterocycles. The first-order chi connectivity index (χ1) is 12.1. The second-order valence-electron chi connectivity index (χ2n) is 7.53. The Labute approximate surface area is 147 Å². The summed E-state index contributed by atoms with van der Waals surface area (Å²) < 4.78 is 13.9. The molecule has 0 spiro atoms. The molecule has 2 amide bonds. The normalized spacial score (nSPS) is 31.4. The average molecular weight is 345 g/mol. The highest BCUT2D eigenvalue weighted by molar-refractivity contribution is 6.01. The van der Waals surface area contributed by atoms with Crippen LogP contribution < -0.4 is 15.5 Å². The molecule has 2 bridgehead atoms. The molecule has 25 heavy (non-hydrogen) atoms. The van der Waals surface area contributed by atoms with Gasteiger partial charge in [0.2, 0.25) is 11.8 Å². The number of carbonyl (C=O) groups excluding carboxylic acids is 2. The summed E-state index contributed by atoms with van der Waals surface area (Å²) in [5, 5.41) is 6.45. The fourth-order valence-electron chi connectivity index (χ4n) is 4.58. The summed E-state index contributed by atoms with van der Waals surface area (Å²) in [6.45, 7) is 0.433. The van der Waals surface area contributed by atoms with Gasteiger partial charge in [0.25, 0.3) is 0 Å². The number of fused-ring (bicyclic) bond motifs is 2. The van der Waals surface area contributed by atoms with Gasteiger partial charge in [-0.15, -0.1) is 0 Å². The fourth-order valence-corrected chi connectivity index (χ4v) is 4.58. The van der Waals surface area contributed by atoms with E-state index in [4.69, 9.17) is 0 Å². The molecule has 1 aromatic carbocycles. The van der Waals surface area contributed by atoms with E-state index in [2.05, 4.69) is 10.6 Å². The van der Waals surface area contributed by atoms with Crippen LogP contribution in [0.3, 0.4) is 0 Å². The van der Waals surface area contributed by atoms with Crippen LogP contribution in [0.5, 0.6) is 0 Å². The van der Waals surface area contributed by atoms with E-state index in [-0.39, 0.29) is 11.8 Å². The van der Waals surface area contributed by atoms with Gasteiger partial charge in [0.1, 0.15) is 11.9 Å². The van der Waals surface area contributed by atoms with Crippen LogP contribution in [0, 0.1) is 11.7 Å². The fraction of sp³-hybridized carbons (Fsp3) is 0.579. The molecule has 3 heterocycles. The number of anilines is 1. The van der Waals surface area contributed by atoms with E-state index in [1.54, 1.807) is 18.2 Å². The van der Waals surface area contributed by atoms with Crippen LogP contribution >= 0.6 is 0 Å². The third-order valence-electron chi connectivity index (χ3n) is 5.73. The Hall–Kier alpha value is -1.95. The number of para-hydroxylation sites is 1. The predicted octanol–water partition coefficient (Wildman–Crippen LogP) is 1.97. The van der Waals surface area contributed by atoms with Crippen LogP contribution in [-0.4, -0.2) is 36.5 Å². The number of amides is 2. The number of piperidine rings is 1. The second-order valence-corrected chi connectivity index (χ2v) is 7.53. The van der Waals surface area contributed by atoms with Crippen LogP contribution in [0.2, 0.25) is 0 Å². The zero-order chi connectivity index (χ0) is 17.4. The van der Waals surface area contributed by atoms with Crippen LogP contribution in [0.1, 0.15) is 38.5 Å². The van der Waals surface area contributed by atoms with Crippen LogP contribution in [-0.2, 0) is 9.59 Å².